The summed E-state index contributed by atoms with van der Waals surface area (Å²) < 4.78 is 0. The van der Waals surface area contributed by atoms with Crippen molar-refractivity contribution in [1.29, 1.82) is 0 Å². The van der Waals surface area contributed by atoms with Crippen LogP contribution in [0.5, 0.6) is 0 Å². The van der Waals surface area contributed by atoms with E-state index in [1.165, 1.54) is 0 Å². The molecule has 0 bridgehead atoms. The second-order valence-corrected chi connectivity index (χ2v) is 1.20. The molecule has 2 heteroatoms. The van der Waals surface area contributed by atoms with Gasteiger partial charge in [-0.25, -0.2) is 5.90 Å². The van der Waals surface area contributed by atoms with Crippen molar-refractivity contribution in [3.8, 4) is 12.3 Å². The van der Waals surface area contributed by atoms with Crippen molar-refractivity contribution in [3.63, 3.8) is 0 Å². The van der Waals surface area contributed by atoms with Crippen LogP contribution in [0.4, 0.5) is 0 Å². The standard InChI is InChI=1S/C5H9NO/c1-3-5(4-2)7-6/h1,5H,4,6H2,2H3/t5-/m0/s1. The summed E-state index contributed by atoms with van der Waals surface area (Å²) >= 11 is 0. The Morgan fingerprint density at radius 2 is 2.57 bits per heavy atom. The maximum absolute atomic E-state index is 4.94. The molecule has 0 heterocycles. The molecule has 0 aromatic heterocycles. The SMILES string of the molecule is C#C[C@@H](CC)ON. The number of rotatable bonds is 2. The minimum absolute atomic E-state index is 0.208. The van der Waals surface area contributed by atoms with Crippen molar-refractivity contribution < 1.29 is 4.84 Å². The molecule has 0 amide bonds. The molecular formula is C5H9NO. The highest BCUT2D eigenvalue weighted by Gasteiger charge is 1.94. The van der Waals surface area contributed by atoms with Gasteiger partial charge in [0.25, 0.3) is 0 Å². The minimum atomic E-state index is -0.208. The number of hydrogen-bond donors (Lipinski definition) is 1. The summed E-state index contributed by atoms with van der Waals surface area (Å²) in [6.45, 7) is 1.91. The molecule has 0 saturated carbocycles. The van der Waals surface area contributed by atoms with E-state index in [2.05, 4.69) is 10.8 Å². The molecule has 0 aromatic rings. The van der Waals surface area contributed by atoms with Crippen molar-refractivity contribution in [2.24, 2.45) is 5.90 Å². The molecule has 0 rings (SSSR count). The Morgan fingerprint density at radius 1 is 2.00 bits per heavy atom. The molecular weight excluding hydrogens is 90.1 g/mol. The highest BCUT2D eigenvalue weighted by atomic mass is 16.6. The Balaban J connectivity index is 3.23. The molecule has 0 radical (unpaired) electrons. The second-order valence-electron chi connectivity index (χ2n) is 1.20. The van der Waals surface area contributed by atoms with Crippen LogP contribution in [0.3, 0.4) is 0 Å². The van der Waals surface area contributed by atoms with Crippen LogP contribution in [0.25, 0.3) is 0 Å². The fraction of sp³-hybridized carbons (Fsp3) is 0.600. The maximum atomic E-state index is 4.94. The van der Waals surface area contributed by atoms with Crippen LogP contribution >= 0.6 is 0 Å². The lowest BCUT2D eigenvalue weighted by Gasteiger charge is -1.99. The average molecular weight is 99.1 g/mol. The predicted molar refractivity (Wildman–Crippen MR) is 28.2 cm³/mol. The lowest BCUT2D eigenvalue weighted by molar-refractivity contribution is 0.0907. The number of hydrogen-bond acceptors (Lipinski definition) is 2. The molecule has 0 aromatic carbocycles. The lowest BCUT2D eigenvalue weighted by atomic mass is 10.3. The van der Waals surface area contributed by atoms with Gasteiger partial charge in [-0.05, 0) is 6.42 Å². The molecule has 0 aliphatic rings. The maximum Gasteiger partial charge on any atom is 0.138 e. The van der Waals surface area contributed by atoms with Crippen molar-refractivity contribution in [1.82, 2.24) is 0 Å². The van der Waals surface area contributed by atoms with Crippen LogP contribution in [-0.4, -0.2) is 6.10 Å². The highest BCUT2D eigenvalue weighted by Crippen LogP contribution is 1.88. The summed E-state index contributed by atoms with van der Waals surface area (Å²) in [6.07, 6.45) is 5.50. The van der Waals surface area contributed by atoms with E-state index in [0.717, 1.165) is 6.42 Å². The van der Waals surface area contributed by atoms with Gasteiger partial charge >= 0.3 is 0 Å². The second kappa shape index (κ2) is 3.66. The number of terminal acetylenes is 1. The van der Waals surface area contributed by atoms with Gasteiger partial charge in [0.15, 0.2) is 0 Å². The largest absolute Gasteiger partial charge is 0.288 e. The fourth-order valence-electron chi connectivity index (χ4n) is 0.253. The third kappa shape index (κ3) is 2.21. The summed E-state index contributed by atoms with van der Waals surface area (Å²) in [5.74, 6) is 7.11. The fourth-order valence-corrected chi connectivity index (χ4v) is 0.253. The van der Waals surface area contributed by atoms with E-state index >= 15 is 0 Å². The molecule has 0 aliphatic heterocycles. The van der Waals surface area contributed by atoms with Crippen LogP contribution in [-0.2, 0) is 4.84 Å². The zero-order chi connectivity index (χ0) is 5.70. The van der Waals surface area contributed by atoms with Gasteiger partial charge in [-0.3, -0.25) is 4.84 Å². The lowest BCUT2D eigenvalue weighted by Crippen LogP contribution is -2.12. The first kappa shape index (κ1) is 6.48. The summed E-state index contributed by atoms with van der Waals surface area (Å²) in [4.78, 5) is 4.31. The topological polar surface area (TPSA) is 35.2 Å². The van der Waals surface area contributed by atoms with Crippen molar-refractivity contribution in [2.75, 3.05) is 0 Å². The average Bonchev–Trinajstić information content (AvgIpc) is 1.72. The van der Waals surface area contributed by atoms with Gasteiger partial charge in [0, 0.05) is 0 Å². The zero-order valence-electron chi connectivity index (χ0n) is 4.35. The third-order valence-electron chi connectivity index (χ3n) is 0.721. The van der Waals surface area contributed by atoms with Gasteiger partial charge in [0.2, 0.25) is 0 Å². The van der Waals surface area contributed by atoms with Gasteiger partial charge < -0.3 is 0 Å². The summed E-state index contributed by atoms with van der Waals surface area (Å²) in [5.41, 5.74) is 0. The van der Waals surface area contributed by atoms with Crippen LogP contribution < -0.4 is 5.90 Å². The third-order valence-corrected chi connectivity index (χ3v) is 0.721. The predicted octanol–water partition coefficient (Wildman–Crippen LogP) is 0.289. The normalized spacial score (nSPS) is 12.7. The molecule has 2 nitrogen and oxygen atoms in total. The van der Waals surface area contributed by atoms with Gasteiger partial charge in [0.1, 0.15) is 6.10 Å². The Morgan fingerprint density at radius 3 is 2.57 bits per heavy atom. The molecule has 1 atom stereocenters. The van der Waals surface area contributed by atoms with E-state index in [0.29, 0.717) is 0 Å². The monoisotopic (exact) mass is 99.1 g/mol. The Kier molecular flexibility index (Phi) is 3.39. The van der Waals surface area contributed by atoms with Gasteiger partial charge in [-0.2, -0.15) is 0 Å². The summed E-state index contributed by atoms with van der Waals surface area (Å²) in [7, 11) is 0. The first-order valence-electron chi connectivity index (χ1n) is 2.16. The van der Waals surface area contributed by atoms with Gasteiger partial charge in [-0.1, -0.05) is 12.8 Å². The smallest absolute Gasteiger partial charge is 0.138 e. The van der Waals surface area contributed by atoms with Crippen molar-refractivity contribution in [3.05, 3.63) is 0 Å². The van der Waals surface area contributed by atoms with E-state index in [9.17, 15) is 0 Å². The van der Waals surface area contributed by atoms with Crippen LogP contribution in [0, 0.1) is 12.3 Å². The molecule has 2 N–H and O–H groups in total. The Bertz CT molecular complexity index is 70.6. The van der Waals surface area contributed by atoms with Crippen LogP contribution in [0.15, 0.2) is 0 Å². The highest BCUT2D eigenvalue weighted by molar-refractivity contribution is 4.92. The van der Waals surface area contributed by atoms with Crippen LogP contribution in [0.1, 0.15) is 13.3 Å². The Labute approximate surface area is 43.6 Å². The van der Waals surface area contributed by atoms with Gasteiger partial charge in [0.05, 0.1) is 0 Å². The first-order chi connectivity index (χ1) is 3.35. The van der Waals surface area contributed by atoms with Crippen molar-refractivity contribution >= 4 is 0 Å². The van der Waals surface area contributed by atoms with Crippen molar-refractivity contribution in [2.45, 2.75) is 19.4 Å². The van der Waals surface area contributed by atoms with Gasteiger partial charge in [-0.15, -0.1) is 6.42 Å². The molecule has 0 saturated heterocycles. The number of nitrogens with two attached hydrogens (primary N) is 1. The van der Waals surface area contributed by atoms with E-state index in [-0.39, 0.29) is 6.10 Å². The molecule has 0 unspecified atom stereocenters. The zero-order valence-corrected chi connectivity index (χ0v) is 4.35. The van der Waals surface area contributed by atoms with E-state index < -0.39 is 0 Å². The summed E-state index contributed by atoms with van der Waals surface area (Å²) in [5, 5.41) is 0. The first-order valence-corrected chi connectivity index (χ1v) is 2.16. The molecule has 7 heavy (non-hydrogen) atoms. The summed E-state index contributed by atoms with van der Waals surface area (Å²) in [6, 6.07) is 0. The quantitative estimate of drug-likeness (QED) is 0.399. The minimum Gasteiger partial charge on any atom is -0.288 e. The molecule has 0 spiro atoms. The molecule has 0 fully saturated rings. The van der Waals surface area contributed by atoms with Crippen LogP contribution in [0.2, 0.25) is 0 Å². The Hall–Kier alpha value is -0.520. The molecule has 0 aliphatic carbocycles. The van der Waals surface area contributed by atoms with E-state index in [1.54, 1.807) is 0 Å². The van der Waals surface area contributed by atoms with E-state index in [4.69, 9.17) is 12.3 Å². The van der Waals surface area contributed by atoms with E-state index in [1.807, 2.05) is 6.92 Å². The molecule has 40 valence electrons.